The van der Waals surface area contributed by atoms with Gasteiger partial charge in [-0.1, -0.05) is 6.07 Å². The van der Waals surface area contributed by atoms with Crippen molar-refractivity contribution in [2.24, 2.45) is 0 Å². The summed E-state index contributed by atoms with van der Waals surface area (Å²) in [5.41, 5.74) is 8.73. The van der Waals surface area contributed by atoms with E-state index >= 15 is 0 Å². The highest BCUT2D eigenvalue weighted by Gasteiger charge is 2.15. The lowest BCUT2D eigenvalue weighted by atomic mass is 10.2. The average Bonchev–Trinajstić information content (AvgIpc) is 2.76. The molecule has 106 valence electrons. The summed E-state index contributed by atoms with van der Waals surface area (Å²) >= 11 is 3.41. The third kappa shape index (κ3) is 3.04. The Balaban J connectivity index is 2.31. The molecule has 0 aliphatic heterocycles. The lowest BCUT2D eigenvalue weighted by Gasteiger charge is -2.14. The number of nitrogen functional groups attached to an aromatic ring is 1. The van der Waals surface area contributed by atoms with E-state index in [2.05, 4.69) is 21.2 Å². The molecule has 0 saturated carbocycles. The molecule has 0 spiro atoms. The van der Waals surface area contributed by atoms with Crippen molar-refractivity contribution in [3.8, 4) is 0 Å². The Hall–Kier alpha value is -1.75. The van der Waals surface area contributed by atoms with Gasteiger partial charge in [0.05, 0.1) is 0 Å². The summed E-state index contributed by atoms with van der Waals surface area (Å²) in [6, 6.07) is 7.51. The van der Waals surface area contributed by atoms with Crippen LogP contribution in [-0.2, 0) is 0 Å². The molecule has 1 heterocycles. The maximum absolute atomic E-state index is 12.4. The molecule has 2 aromatic rings. The smallest absolute Gasteiger partial charge is 0.272 e. The number of halogens is 1. The number of amides is 1. The number of hydrogen-bond acceptors (Lipinski definition) is 2. The van der Waals surface area contributed by atoms with Gasteiger partial charge < -0.3 is 15.6 Å². The molecule has 0 unspecified atom stereocenters. The summed E-state index contributed by atoms with van der Waals surface area (Å²) in [6.07, 6.45) is 1.91. The maximum Gasteiger partial charge on any atom is 0.272 e. The highest BCUT2D eigenvalue weighted by atomic mass is 79.9. The standard InChI is InChI=1S/C15H18BrN3O/c1-9(2)19-8-11(16)6-14(19)15(20)18-13-7-12(17)5-4-10(13)3/h4-9H,17H2,1-3H3,(H,18,20). The lowest BCUT2D eigenvalue weighted by Crippen LogP contribution is -2.18. The fourth-order valence-electron chi connectivity index (χ4n) is 2.02. The van der Waals surface area contributed by atoms with Crippen LogP contribution in [-0.4, -0.2) is 10.5 Å². The van der Waals surface area contributed by atoms with Crippen molar-refractivity contribution in [3.05, 3.63) is 46.2 Å². The van der Waals surface area contributed by atoms with Crippen LogP contribution < -0.4 is 11.1 Å². The molecule has 1 amide bonds. The molecule has 1 aromatic heterocycles. The fraction of sp³-hybridized carbons (Fsp3) is 0.267. The van der Waals surface area contributed by atoms with Crippen LogP contribution in [0.25, 0.3) is 0 Å². The number of nitrogens with zero attached hydrogens (tertiary/aromatic N) is 1. The van der Waals surface area contributed by atoms with E-state index in [0.717, 1.165) is 15.7 Å². The van der Waals surface area contributed by atoms with E-state index in [9.17, 15) is 4.79 Å². The van der Waals surface area contributed by atoms with Gasteiger partial charge in [-0.25, -0.2) is 0 Å². The molecule has 1 aromatic carbocycles. The third-order valence-corrected chi connectivity index (χ3v) is 3.55. The molecular weight excluding hydrogens is 318 g/mol. The fourth-order valence-corrected chi connectivity index (χ4v) is 2.45. The number of aromatic nitrogens is 1. The second kappa shape index (κ2) is 5.71. The van der Waals surface area contributed by atoms with E-state index in [4.69, 9.17) is 5.73 Å². The number of rotatable bonds is 3. The van der Waals surface area contributed by atoms with Crippen LogP contribution >= 0.6 is 15.9 Å². The molecule has 3 N–H and O–H groups in total. The highest BCUT2D eigenvalue weighted by molar-refractivity contribution is 9.10. The highest BCUT2D eigenvalue weighted by Crippen LogP contribution is 2.22. The van der Waals surface area contributed by atoms with E-state index in [1.165, 1.54) is 0 Å². The van der Waals surface area contributed by atoms with E-state index < -0.39 is 0 Å². The summed E-state index contributed by atoms with van der Waals surface area (Å²) in [5, 5.41) is 2.92. The Labute approximate surface area is 127 Å². The first-order valence-corrected chi connectivity index (χ1v) is 7.22. The van der Waals surface area contributed by atoms with Crippen molar-refractivity contribution >= 4 is 33.2 Å². The molecule has 0 aliphatic rings. The molecule has 0 saturated heterocycles. The van der Waals surface area contributed by atoms with Gasteiger partial charge in [-0.3, -0.25) is 4.79 Å². The van der Waals surface area contributed by atoms with Crippen LogP contribution in [0, 0.1) is 6.92 Å². The number of hydrogen-bond donors (Lipinski definition) is 2. The third-order valence-electron chi connectivity index (χ3n) is 3.11. The van der Waals surface area contributed by atoms with Crippen molar-refractivity contribution in [1.82, 2.24) is 4.57 Å². The van der Waals surface area contributed by atoms with Crippen molar-refractivity contribution in [2.45, 2.75) is 26.8 Å². The molecule has 4 nitrogen and oxygen atoms in total. The SMILES string of the molecule is Cc1ccc(N)cc1NC(=O)c1cc(Br)cn1C(C)C. The molecule has 20 heavy (non-hydrogen) atoms. The number of carbonyl (C=O) groups is 1. The maximum atomic E-state index is 12.4. The minimum Gasteiger partial charge on any atom is -0.399 e. The number of aryl methyl sites for hydroxylation is 1. The number of nitrogens with one attached hydrogen (secondary N) is 1. The predicted octanol–water partition coefficient (Wildman–Crippen LogP) is 3.97. The second-order valence-electron chi connectivity index (χ2n) is 5.07. The van der Waals surface area contributed by atoms with Crippen LogP contribution in [0.4, 0.5) is 11.4 Å². The Morgan fingerprint density at radius 2 is 2.05 bits per heavy atom. The summed E-state index contributed by atoms with van der Waals surface area (Å²) in [7, 11) is 0. The summed E-state index contributed by atoms with van der Waals surface area (Å²) in [4.78, 5) is 12.4. The molecule has 0 atom stereocenters. The first kappa shape index (κ1) is 14.7. The van der Waals surface area contributed by atoms with Crippen LogP contribution in [0.3, 0.4) is 0 Å². The van der Waals surface area contributed by atoms with Crippen molar-refractivity contribution < 1.29 is 4.79 Å². The molecule has 0 bridgehead atoms. The zero-order valence-corrected chi connectivity index (χ0v) is 13.4. The number of benzene rings is 1. The van der Waals surface area contributed by atoms with Gasteiger partial charge in [0, 0.05) is 28.1 Å². The summed E-state index contributed by atoms with van der Waals surface area (Å²) in [6.45, 7) is 6.01. The summed E-state index contributed by atoms with van der Waals surface area (Å²) in [5.74, 6) is -0.141. The predicted molar refractivity (Wildman–Crippen MR) is 86.1 cm³/mol. The first-order chi connectivity index (χ1) is 9.38. The van der Waals surface area contributed by atoms with Crippen LogP contribution in [0.5, 0.6) is 0 Å². The Morgan fingerprint density at radius 1 is 1.35 bits per heavy atom. The molecule has 2 rings (SSSR count). The average molecular weight is 336 g/mol. The monoisotopic (exact) mass is 335 g/mol. The molecule has 0 fully saturated rings. The minimum absolute atomic E-state index is 0.141. The van der Waals surface area contributed by atoms with E-state index in [0.29, 0.717) is 11.4 Å². The zero-order chi connectivity index (χ0) is 14.9. The van der Waals surface area contributed by atoms with E-state index in [-0.39, 0.29) is 11.9 Å². The Kier molecular flexibility index (Phi) is 4.18. The van der Waals surface area contributed by atoms with Crippen LogP contribution in [0.1, 0.15) is 35.9 Å². The Bertz CT molecular complexity index is 647. The van der Waals surface area contributed by atoms with E-state index in [1.54, 1.807) is 6.07 Å². The van der Waals surface area contributed by atoms with Crippen molar-refractivity contribution in [1.29, 1.82) is 0 Å². The first-order valence-electron chi connectivity index (χ1n) is 6.43. The van der Waals surface area contributed by atoms with Gasteiger partial charge in [-0.2, -0.15) is 0 Å². The van der Waals surface area contributed by atoms with Crippen molar-refractivity contribution in [3.63, 3.8) is 0 Å². The van der Waals surface area contributed by atoms with Gasteiger partial charge in [-0.15, -0.1) is 0 Å². The molecular formula is C15H18BrN3O. The minimum atomic E-state index is -0.141. The largest absolute Gasteiger partial charge is 0.399 e. The van der Waals surface area contributed by atoms with E-state index in [1.807, 2.05) is 49.7 Å². The lowest BCUT2D eigenvalue weighted by molar-refractivity contribution is 0.101. The van der Waals surface area contributed by atoms with Gasteiger partial charge in [0.15, 0.2) is 0 Å². The van der Waals surface area contributed by atoms with Crippen molar-refractivity contribution in [2.75, 3.05) is 11.1 Å². The van der Waals surface area contributed by atoms with Gasteiger partial charge in [0.2, 0.25) is 0 Å². The Morgan fingerprint density at radius 3 is 2.70 bits per heavy atom. The second-order valence-corrected chi connectivity index (χ2v) is 5.99. The number of anilines is 2. The van der Waals surface area contributed by atoms with Crippen LogP contribution in [0.2, 0.25) is 0 Å². The molecule has 0 radical (unpaired) electrons. The topological polar surface area (TPSA) is 60.0 Å². The zero-order valence-electron chi connectivity index (χ0n) is 11.8. The van der Waals surface area contributed by atoms with Gasteiger partial charge >= 0.3 is 0 Å². The molecule has 5 heteroatoms. The van der Waals surface area contributed by atoms with Gasteiger partial charge in [-0.05, 0) is 60.5 Å². The number of carbonyl (C=O) groups excluding carboxylic acids is 1. The van der Waals surface area contributed by atoms with Gasteiger partial charge in [0.1, 0.15) is 5.69 Å². The van der Waals surface area contributed by atoms with Gasteiger partial charge in [0.25, 0.3) is 5.91 Å². The number of nitrogens with two attached hydrogens (primary N) is 1. The quantitative estimate of drug-likeness (QED) is 0.833. The summed E-state index contributed by atoms with van der Waals surface area (Å²) < 4.78 is 2.82. The normalized spacial score (nSPS) is 10.8. The van der Waals surface area contributed by atoms with Crippen LogP contribution in [0.15, 0.2) is 34.9 Å². The molecule has 0 aliphatic carbocycles.